The van der Waals surface area contributed by atoms with Crippen LogP contribution in [-0.4, -0.2) is 26.5 Å². The molecule has 0 bridgehead atoms. The van der Waals surface area contributed by atoms with Gasteiger partial charge < -0.3 is 9.16 Å². The third kappa shape index (κ3) is 6.25. The molecule has 1 aliphatic rings. The van der Waals surface area contributed by atoms with Gasteiger partial charge in [0.1, 0.15) is 6.10 Å². The lowest BCUT2D eigenvalue weighted by atomic mass is 10.1. The second-order valence-corrected chi connectivity index (χ2v) is 12.6. The Labute approximate surface area is 137 Å². The van der Waals surface area contributed by atoms with Crippen LogP contribution in [0.1, 0.15) is 66.2 Å². The van der Waals surface area contributed by atoms with Crippen LogP contribution < -0.4 is 0 Å². The normalized spacial score (nSPS) is 26.4. The molecule has 0 aromatic carbocycles. The summed E-state index contributed by atoms with van der Waals surface area (Å²) in [7, 11) is -1.78. The molecule has 0 fully saturated rings. The minimum atomic E-state index is -1.78. The number of carbonyl (C=O) groups is 1. The Balaban J connectivity index is 2.75. The summed E-state index contributed by atoms with van der Waals surface area (Å²) < 4.78 is 12.0. The fourth-order valence-electron chi connectivity index (χ4n) is 2.37. The van der Waals surface area contributed by atoms with E-state index < -0.39 is 8.32 Å². The van der Waals surface area contributed by atoms with E-state index in [0.29, 0.717) is 6.42 Å². The Kier molecular flexibility index (Phi) is 7.33. The van der Waals surface area contributed by atoms with Crippen molar-refractivity contribution in [3.05, 3.63) is 12.2 Å². The first kappa shape index (κ1) is 19.4. The number of carbonyl (C=O) groups excluding carboxylic acids is 1. The van der Waals surface area contributed by atoms with Crippen LogP contribution in [0.15, 0.2) is 12.2 Å². The highest BCUT2D eigenvalue weighted by Gasteiger charge is 2.38. The molecule has 0 aromatic heterocycles. The van der Waals surface area contributed by atoms with Gasteiger partial charge in [0, 0.05) is 12.8 Å². The zero-order valence-electron chi connectivity index (χ0n) is 15.3. The van der Waals surface area contributed by atoms with E-state index in [-0.39, 0.29) is 23.2 Å². The molecule has 0 radical (unpaired) electrons. The number of ether oxygens (including phenoxy) is 1. The van der Waals surface area contributed by atoms with Gasteiger partial charge in [0.05, 0.1) is 6.10 Å². The Morgan fingerprint density at radius 1 is 1.36 bits per heavy atom. The molecular weight excluding hydrogens is 292 g/mol. The molecule has 0 aliphatic carbocycles. The van der Waals surface area contributed by atoms with Crippen molar-refractivity contribution < 1.29 is 14.0 Å². The molecule has 1 aliphatic heterocycles. The first-order valence-electron chi connectivity index (χ1n) is 8.69. The van der Waals surface area contributed by atoms with Gasteiger partial charge in [0.15, 0.2) is 8.32 Å². The Bertz CT molecular complexity index is 382. The highest BCUT2D eigenvalue weighted by atomic mass is 28.4. The van der Waals surface area contributed by atoms with E-state index in [2.05, 4.69) is 52.9 Å². The molecule has 1 rings (SSSR count). The molecule has 22 heavy (non-hydrogen) atoms. The summed E-state index contributed by atoms with van der Waals surface area (Å²) in [5.74, 6) is -0.0557. The largest absolute Gasteiger partial charge is 0.462 e. The van der Waals surface area contributed by atoms with Crippen molar-refractivity contribution in [2.45, 2.75) is 96.6 Å². The van der Waals surface area contributed by atoms with Gasteiger partial charge in [-0.05, 0) is 37.4 Å². The van der Waals surface area contributed by atoms with Gasteiger partial charge >= 0.3 is 5.97 Å². The molecule has 3 nitrogen and oxygen atoms in total. The molecule has 0 spiro atoms. The van der Waals surface area contributed by atoms with Gasteiger partial charge in [-0.2, -0.15) is 0 Å². The van der Waals surface area contributed by atoms with E-state index in [0.717, 1.165) is 32.1 Å². The minimum Gasteiger partial charge on any atom is -0.462 e. The van der Waals surface area contributed by atoms with Gasteiger partial charge in [-0.3, -0.25) is 4.79 Å². The van der Waals surface area contributed by atoms with E-state index in [1.165, 1.54) is 0 Å². The highest BCUT2D eigenvalue weighted by molar-refractivity contribution is 6.74. The Morgan fingerprint density at radius 3 is 2.64 bits per heavy atom. The lowest BCUT2D eigenvalue weighted by Gasteiger charge is -2.38. The van der Waals surface area contributed by atoms with Gasteiger partial charge in [-0.1, -0.05) is 46.3 Å². The number of hydrogen-bond donors (Lipinski definition) is 0. The second kappa shape index (κ2) is 8.30. The first-order valence-corrected chi connectivity index (χ1v) is 11.6. The molecule has 128 valence electrons. The summed E-state index contributed by atoms with van der Waals surface area (Å²) in [6.07, 6.45) is 9.52. The van der Waals surface area contributed by atoms with Crippen LogP contribution in [0.2, 0.25) is 18.1 Å². The Hall–Kier alpha value is -0.613. The third-order valence-electron chi connectivity index (χ3n) is 4.78. The number of esters is 1. The number of cyclic esters (lactones) is 1. The van der Waals surface area contributed by atoms with Gasteiger partial charge in [0.25, 0.3) is 0 Å². The second-order valence-electron chi connectivity index (χ2n) is 7.87. The first-order chi connectivity index (χ1) is 10.2. The fourth-order valence-corrected chi connectivity index (χ4v) is 3.68. The molecule has 0 unspecified atom stereocenters. The van der Waals surface area contributed by atoms with Crippen molar-refractivity contribution in [3.8, 4) is 0 Å². The average molecular weight is 327 g/mol. The highest BCUT2D eigenvalue weighted by Crippen LogP contribution is 2.38. The zero-order chi connectivity index (χ0) is 16.8. The van der Waals surface area contributed by atoms with Crippen molar-refractivity contribution in [2.24, 2.45) is 0 Å². The molecular formula is C18H34O3Si. The van der Waals surface area contributed by atoms with Crippen LogP contribution in [0.4, 0.5) is 0 Å². The van der Waals surface area contributed by atoms with E-state index >= 15 is 0 Å². The quantitative estimate of drug-likeness (QED) is 0.404. The fraction of sp³-hybridized carbons (Fsp3) is 0.833. The molecule has 0 saturated heterocycles. The van der Waals surface area contributed by atoms with Crippen molar-refractivity contribution in [3.63, 3.8) is 0 Å². The van der Waals surface area contributed by atoms with Gasteiger partial charge in [-0.25, -0.2) is 0 Å². The van der Waals surface area contributed by atoms with Crippen molar-refractivity contribution in [1.29, 1.82) is 0 Å². The Morgan fingerprint density at radius 2 is 2.05 bits per heavy atom. The van der Waals surface area contributed by atoms with Crippen LogP contribution in [0.3, 0.4) is 0 Å². The predicted molar refractivity (Wildman–Crippen MR) is 94.5 cm³/mol. The maximum absolute atomic E-state index is 11.9. The van der Waals surface area contributed by atoms with Gasteiger partial charge in [-0.15, -0.1) is 0 Å². The lowest BCUT2D eigenvalue weighted by molar-refractivity contribution is -0.149. The monoisotopic (exact) mass is 326 g/mol. The number of hydrogen-bond acceptors (Lipinski definition) is 3. The summed E-state index contributed by atoms with van der Waals surface area (Å²) in [5.41, 5.74) is 0. The van der Waals surface area contributed by atoms with Crippen LogP contribution in [0.5, 0.6) is 0 Å². The summed E-state index contributed by atoms with van der Waals surface area (Å²) >= 11 is 0. The third-order valence-corrected chi connectivity index (χ3v) is 9.28. The maximum atomic E-state index is 11.9. The van der Waals surface area contributed by atoms with Crippen molar-refractivity contribution in [2.75, 3.05) is 0 Å². The summed E-state index contributed by atoms with van der Waals surface area (Å²) in [4.78, 5) is 11.9. The van der Waals surface area contributed by atoms with Crippen LogP contribution in [-0.2, 0) is 14.0 Å². The van der Waals surface area contributed by atoms with E-state index in [1.54, 1.807) is 0 Å². The van der Waals surface area contributed by atoms with Crippen LogP contribution in [0, 0.1) is 0 Å². The molecule has 0 amide bonds. The van der Waals surface area contributed by atoms with Crippen LogP contribution >= 0.6 is 0 Å². The lowest BCUT2D eigenvalue weighted by Crippen LogP contribution is -2.43. The average Bonchev–Trinajstić information content (AvgIpc) is 2.36. The maximum Gasteiger partial charge on any atom is 0.306 e. The van der Waals surface area contributed by atoms with Gasteiger partial charge in [0.2, 0.25) is 0 Å². The van der Waals surface area contributed by atoms with E-state index in [4.69, 9.17) is 9.16 Å². The summed E-state index contributed by atoms with van der Waals surface area (Å²) in [5, 5.41) is 0.208. The molecule has 0 N–H and O–H groups in total. The molecule has 1 heterocycles. The zero-order valence-corrected chi connectivity index (χ0v) is 16.3. The minimum absolute atomic E-state index is 0.0281. The molecule has 0 aromatic rings. The molecule has 4 heteroatoms. The van der Waals surface area contributed by atoms with Crippen molar-refractivity contribution in [1.82, 2.24) is 0 Å². The van der Waals surface area contributed by atoms with Crippen LogP contribution in [0.25, 0.3) is 0 Å². The molecule has 0 saturated carbocycles. The van der Waals surface area contributed by atoms with E-state index in [1.807, 2.05) is 0 Å². The number of rotatable bonds is 4. The summed E-state index contributed by atoms with van der Waals surface area (Å²) in [6.45, 7) is 13.5. The topological polar surface area (TPSA) is 35.5 Å². The summed E-state index contributed by atoms with van der Waals surface area (Å²) in [6, 6.07) is 0. The van der Waals surface area contributed by atoms with E-state index in [9.17, 15) is 4.79 Å². The SMILES string of the molecule is CCC[C@@H]1C/C=C/[C@@H](O[Si](C)(C)C(C)(C)C)CCCC(=O)O1. The smallest absolute Gasteiger partial charge is 0.306 e. The predicted octanol–water partition coefficient (Wildman–Crippen LogP) is 5.22. The standard InChI is InChI=1S/C18H34O3Si/c1-7-10-15-11-8-12-16(13-9-14-17(19)20-15)21-22(5,6)18(2,3)4/h8,12,15-16H,7,9-11,13-14H2,1-6H3/b12-8+/t15-,16-/m1/s1. The molecule has 2 atom stereocenters. The van der Waals surface area contributed by atoms with Crippen molar-refractivity contribution >= 4 is 14.3 Å².